The monoisotopic (exact) mass is 407 g/mol. The average Bonchev–Trinajstić information content (AvgIpc) is 3.37. The zero-order valence-corrected chi connectivity index (χ0v) is 17.2. The van der Waals surface area contributed by atoms with E-state index in [1.165, 1.54) is 4.68 Å². The van der Waals surface area contributed by atoms with Gasteiger partial charge in [-0.3, -0.25) is 9.59 Å². The second-order valence-corrected chi connectivity index (χ2v) is 7.90. The quantitative estimate of drug-likeness (QED) is 0.551. The van der Waals surface area contributed by atoms with Crippen LogP contribution in [0.1, 0.15) is 29.2 Å². The lowest BCUT2D eigenvalue weighted by Crippen LogP contribution is -2.37. The van der Waals surface area contributed by atoms with E-state index in [0.29, 0.717) is 17.8 Å². The summed E-state index contributed by atoms with van der Waals surface area (Å²) in [7, 11) is 0. The Hall–Kier alpha value is -3.26. The van der Waals surface area contributed by atoms with Crippen molar-refractivity contribution < 1.29 is 4.79 Å². The van der Waals surface area contributed by atoms with Crippen LogP contribution in [-0.2, 0) is 11.3 Å². The zero-order chi connectivity index (χ0) is 20.5. The summed E-state index contributed by atoms with van der Waals surface area (Å²) >= 11 is 1.57. The number of aromatic nitrogens is 4. The molecule has 4 rings (SSSR count). The smallest absolute Gasteiger partial charge is 0.295 e. The van der Waals surface area contributed by atoms with E-state index >= 15 is 0 Å². The molecule has 0 saturated heterocycles. The normalized spacial score (nSPS) is 12.2. The molecule has 148 valence electrons. The van der Waals surface area contributed by atoms with Crippen LogP contribution >= 0.6 is 11.3 Å². The minimum Gasteiger partial charge on any atom is -0.349 e. The highest BCUT2D eigenvalue weighted by Crippen LogP contribution is 2.21. The number of carbonyl (C=O) groups is 1. The Morgan fingerprint density at radius 2 is 1.90 bits per heavy atom. The van der Waals surface area contributed by atoms with E-state index in [-0.39, 0.29) is 11.5 Å². The molecule has 1 atom stereocenters. The van der Waals surface area contributed by atoms with Crippen molar-refractivity contribution in [2.75, 3.05) is 0 Å². The Balaban J connectivity index is 1.71. The zero-order valence-electron chi connectivity index (χ0n) is 16.4. The summed E-state index contributed by atoms with van der Waals surface area (Å²) in [4.78, 5) is 26.8. The number of para-hydroxylation sites is 1. The van der Waals surface area contributed by atoms with Crippen molar-refractivity contribution in [1.29, 1.82) is 0 Å². The number of nitrogens with one attached hydrogen (secondary N) is 1. The first kappa shape index (κ1) is 19.1. The van der Waals surface area contributed by atoms with Crippen molar-refractivity contribution in [3.8, 4) is 5.69 Å². The molecule has 4 aromatic rings. The summed E-state index contributed by atoms with van der Waals surface area (Å²) in [5.41, 5.74) is 2.32. The minimum atomic E-state index is -0.743. The van der Waals surface area contributed by atoms with Crippen LogP contribution in [0.25, 0.3) is 16.6 Å². The van der Waals surface area contributed by atoms with Gasteiger partial charge in [-0.1, -0.05) is 24.3 Å². The molecule has 8 heteroatoms. The lowest BCUT2D eigenvalue weighted by atomic mass is 10.2. The molecule has 1 N–H and O–H groups in total. The molecule has 0 aliphatic heterocycles. The molecular formula is C21H21N5O2S. The van der Waals surface area contributed by atoms with Gasteiger partial charge in [0.2, 0.25) is 5.91 Å². The van der Waals surface area contributed by atoms with Crippen molar-refractivity contribution in [3.05, 3.63) is 74.5 Å². The number of hydrogen-bond donors (Lipinski definition) is 1. The first-order valence-electron chi connectivity index (χ1n) is 9.31. The number of thiophene rings is 1. The Morgan fingerprint density at radius 3 is 2.59 bits per heavy atom. The van der Waals surface area contributed by atoms with Crippen LogP contribution in [0, 0.1) is 13.8 Å². The second kappa shape index (κ2) is 7.63. The molecule has 0 spiro atoms. The van der Waals surface area contributed by atoms with Crippen LogP contribution in [0.3, 0.4) is 0 Å². The number of benzene rings is 1. The lowest BCUT2D eigenvalue weighted by molar-refractivity contribution is -0.124. The summed E-state index contributed by atoms with van der Waals surface area (Å²) in [5, 5.41) is 14.5. The standard InChI is InChI=1S/C21H21N5O2S/c1-13-18-14(2)25(16-8-5-4-6-9-16)24-19(18)21(28)26(23-13)15(3)20(27)22-12-17-10-7-11-29-17/h4-11,15H,12H2,1-3H3,(H,22,27)/t15-/m1/s1. The molecule has 0 radical (unpaired) electrons. The van der Waals surface area contributed by atoms with Gasteiger partial charge in [-0.2, -0.15) is 10.2 Å². The van der Waals surface area contributed by atoms with Gasteiger partial charge in [0.05, 0.1) is 29.0 Å². The Labute approximate surface area is 171 Å². The maximum Gasteiger partial charge on any atom is 0.295 e. The van der Waals surface area contributed by atoms with Crippen LogP contribution in [0.15, 0.2) is 52.6 Å². The first-order valence-corrected chi connectivity index (χ1v) is 10.2. The van der Waals surface area contributed by atoms with Gasteiger partial charge in [-0.05, 0) is 44.4 Å². The number of carbonyl (C=O) groups excluding carboxylic acids is 1. The fraction of sp³-hybridized carbons (Fsp3) is 0.238. The third-order valence-electron chi connectivity index (χ3n) is 4.91. The molecule has 0 bridgehead atoms. The number of aryl methyl sites for hydroxylation is 2. The van der Waals surface area contributed by atoms with Gasteiger partial charge < -0.3 is 5.32 Å². The number of hydrogen-bond acceptors (Lipinski definition) is 5. The minimum absolute atomic E-state index is 0.258. The Bertz CT molecular complexity index is 1230. The highest BCUT2D eigenvalue weighted by Gasteiger charge is 2.23. The SMILES string of the molecule is Cc1nn([C@H](C)C(=O)NCc2cccs2)c(=O)c2nn(-c3ccccc3)c(C)c12. The molecule has 1 amide bonds. The van der Waals surface area contributed by atoms with E-state index in [4.69, 9.17) is 0 Å². The second-order valence-electron chi connectivity index (χ2n) is 6.86. The maximum absolute atomic E-state index is 13.1. The average molecular weight is 407 g/mol. The van der Waals surface area contributed by atoms with Gasteiger partial charge in [-0.25, -0.2) is 9.36 Å². The summed E-state index contributed by atoms with van der Waals surface area (Å²) in [6.45, 7) is 5.85. The number of rotatable bonds is 5. The molecule has 7 nitrogen and oxygen atoms in total. The first-order chi connectivity index (χ1) is 14.0. The maximum atomic E-state index is 13.1. The molecule has 0 saturated carbocycles. The van der Waals surface area contributed by atoms with Gasteiger partial charge in [0, 0.05) is 4.88 Å². The van der Waals surface area contributed by atoms with Gasteiger partial charge in [0.15, 0.2) is 5.52 Å². The molecule has 0 fully saturated rings. The number of fused-ring (bicyclic) bond motifs is 1. The van der Waals surface area contributed by atoms with Crippen LogP contribution in [-0.4, -0.2) is 25.5 Å². The summed E-state index contributed by atoms with van der Waals surface area (Å²) in [6, 6.07) is 12.8. The third kappa shape index (κ3) is 3.47. The van der Waals surface area contributed by atoms with E-state index in [9.17, 15) is 9.59 Å². The number of amides is 1. The fourth-order valence-electron chi connectivity index (χ4n) is 3.38. The van der Waals surface area contributed by atoms with Crippen LogP contribution < -0.4 is 10.9 Å². The highest BCUT2D eigenvalue weighted by atomic mass is 32.1. The van der Waals surface area contributed by atoms with E-state index in [2.05, 4.69) is 15.5 Å². The fourth-order valence-corrected chi connectivity index (χ4v) is 4.02. The summed E-state index contributed by atoms with van der Waals surface area (Å²) in [6.07, 6.45) is 0. The van der Waals surface area contributed by atoms with E-state index in [1.54, 1.807) is 22.9 Å². The van der Waals surface area contributed by atoms with Gasteiger partial charge in [-0.15, -0.1) is 11.3 Å². The predicted molar refractivity (Wildman–Crippen MR) is 113 cm³/mol. The Morgan fingerprint density at radius 1 is 1.14 bits per heavy atom. The molecule has 29 heavy (non-hydrogen) atoms. The van der Waals surface area contributed by atoms with Crippen LogP contribution in [0.4, 0.5) is 0 Å². The summed E-state index contributed by atoms with van der Waals surface area (Å²) in [5.74, 6) is -0.258. The van der Waals surface area contributed by atoms with E-state index in [1.807, 2.05) is 61.7 Å². The van der Waals surface area contributed by atoms with Crippen molar-refractivity contribution in [3.63, 3.8) is 0 Å². The van der Waals surface area contributed by atoms with Gasteiger partial charge >= 0.3 is 0 Å². The van der Waals surface area contributed by atoms with Crippen molar-refractivity contribution in [2.24, 2.45) is 0 Å². The molecule has 0 aliphatic rings. The Kier molecular flexibility index (Phi) is 5.02. The molecule has 3 aromatic heterocycles. The predicted octanol–water partition coefficient (Wildman–Crippen LogP) is 3.14. The van der Waals surface area contributed by atoms with E-state index in [0.717, 1.165) is 21.6 Å². The number of nitrogens with zero attached hydrogens (tertiary/aromatic N) is 4. The van der Waals surface area contributed by atoms with Crippen molar-refractivity contribution in [1.82, 2.24) is 24.9 Å². The summed E-state index contributed by atoms with van der Waals surface area (Å²) < 4.78 is 2.97. The van der Waals surface area contributed by atoms with Crippen LogP contribution in [0.2, 0.25) is 0 Å². The van der Waals surface area contributed by atoms with Gasteiger partial charge in [0.25, 0.3) is 5.56 Å². The van der Waals surface area contributed by atoms with Crippen molar-refractivity contribution >= 4 is 28.1 Å². The molecule has 0 aliphatic carbocycles. The largest absolute Gasteiger partial charge is 0.349 e. The molecular weight excluding hydrogens is 386 g/mol. The van der Waals surface area contributed by atoms with Gasteiger partial charge in [0.1, 0.15) is 6.04 Å². The molecule has 1 aromatic carbocycles. The van der Waals surface area contributed by atoms with Crippen LogP contribution in [0.5, 0.6) is 0 Å². The lowest BCUT2D eigenvalue weighted by Gasteiger charge is -2.14. The topological polar surface area (TPSA) is 81.8 Å². The highest BCUT2D eigenvalue weighted by molar-refractivity contribution is 7.09. The molecule has 3 heterocycles. The van der Waals surface area contributed by atoms with Crippen molar-refractivity contribution in [2.45, 2.75) is 33.4 Å². The third-order valence-corrected chi connectivity index (χ3v) is 5.79. The van der Waals surface area contributed by atoms with E-state index < -0.39 is 6.04 Å². The molecule has 0 unspecified atom stereocenters.